The van der Waals surface area contributed by atoms with E-state index in [1.165, 1.54) is 32.7 Å². The molecule has 2 aliphatic carbocycles. The smallest absolute Gasteiger partial charge is 1.00 e. The van der Waals surface area contributed by atoms with Gasteiger partial charge in [-0.15, -0.1) is 0 Å². The second-order valence-electron chi connectivity index (χ2n) is 10.0. The van der Waals surface area contributed by atoms with E-state index >= 15 is 0 Å². The molecule has 2 heterocycles. The number of halogens is 2. The molecule has 0 spiro atoms. The van der Waals surface area contributed by atoms with Crippen molar-refractivity contribution in [1.82, 2.24) is 0 Å². The van der Waals surface area contributed by atoms with Gasteiger partial charge in [-0.1, -0.05) is 0 Å². The SMILES string of the molecule is C1=C(p2cc3ccccc3c2)[CH]([Zr+2][CH]2C(p3cc4ccccc4c3)=Cc3ccccc32)c2ccccc21.[Cl-].[Cl-]. The predicted molar refractivity (Wildman–Crippen MR) is 160 cm³/mol. The summed E-state index contributed by atoms with van der Waals surface area (Å²) in [5, 5.41) is 9.04. The second-order valence-corrected chi connectivity index (χ2v) is 17.4. The quantitative estimate of drug-likeness (QED) is 0.255. The van der Waals surface area contributed by atoms with Crippen LogP contribution in [-0.2, 0) is 23.2 Å². The van der Waals surface area contributed by atoms with Gasteiger partial charge in [0, 0.05) is 0 Å². The zero-order valence-corrected chi connectivity index (χ0v) is 26.8. The van der Waals surface area contributed by atoms with Crippen LogP contribution in [0.15, 0.2) is 120 Å². The van der Waals surface area contributed by atoms with Crippen molar-refractivity contribution >= 4 is 59.4 Å². The van der Waals surface area contributed by atoms with Gasteiger partial charge in [0.1, 0.15) is 0 Å². The molecule has 188 valence electrons. The number of rotatable bonds is 4. The number of allylic oxidation sites excluding steroid dienone is 2. The molecule has 0 N–H and O–H groups in total. The molecule has 6 aromatic rings. The summed E-state index contributed by atoms with van der Waals surface area (Å²) < 4.78 is 1.24. The van der Waals surface area contributed by atoms with E-state index < -0.39 is 23.2 Å². The Labute approximate surface area is 255 Å². The molecule has 0 amide bonds. The van der Waals surface area contributed by atoms with Gasteiger partial charge in [0.15, 0.2) is 0 Å². The first-order chi connectivity index (χ1) is 18.3. The van der Waals surface area contributed by atoms with Gasteiger partial charge in [-0.25, -0.2) is 0 Å². The van der Waals surface area contributed by atoms with E-state index in [9.17, 15) is 0 Å². The molecule has 5 heteroatoms. The van der Waals surface area contributed by atoms with E-state index in [1.54, 1.807) is 21.8 Å². The van der Waals surface area contributed by atoms with Crippen molar-refractivity contribution in [3.05, 3.63) is 143 Å². The first kappa shape index (κ1) is 27.1. The Bertz CT molecular complexity index is 1690. The van der Waals surface area contributed by atoms with Gasteiger partial charge in [0.25, 0.3) is 0 Å². The Kier molecular flexibility index (Phi) is 7.68. The van der Waals surface area contributed by atoms with E-state index in [-0.39, 0.29) is 39.9 Å². The standard InChI is InChI=1S/2C17H12P.2ClH.Zr/c2*1-2-6-14-10-17(9-13(14)5-1)18-11-15-7-3-4-8-16(15)12-18;;;/h2*1-12H;2*1H;/q;;;;+2/p-2. The predicted octanol–water partition coefficient (Wildman–Crippen LogP) is 4.86. The van der Waals surface area contributed by atoms with Crippen LogP contribution in [0.1, 0.15) is 29.5 Å². The molecule has 0 saturated heterocycles. The fourth-order valence-corrected chi connectivity index (χ4v) is 17.7. The minimum absolute atomic E-state index is 0. The molecule has 0 nitrogen and oxygen atoms in total. The summed E-state index contributed by atoms with van der Waals surface area (Å²) in [5.74, 6) is 10.3. The normalized spacial score (nSPS) is 17.0. The Balaban J connectivity index is 0.00000138. The maximum atomic E-state index is 2.56. The van der Waals surface area contributed by atoms with Gasteiger partial charge in [-0.05, 0) is 0 Å². The van der Waals surface area contributed by atoms with Crippen molar-refractivity contribution in [3.8, 4) is 0 Å². The molecule has 0 fully saturated rings. The summed E-state index contributed by atoms with van der Waals surface area (Å²) in [5.41, 5.74) is 6.09. The Hall–Kier alpha value is -2.10. The van der Waals surface area contributed by atoms with Crippen LogP contribution >= 0.6 is 15.1 Å². The van der Waals surface area contributed by atoms with Crippen molar-refractivity contribution in [3.63, 3.8) is 0 Å². The van der Waals surface area contributed by atoms with Gasteiger partial charge >= 0.3 is 232 Å². The maximum absolute atomic E-state index is 2.56. The Morgan fingerprint density at radius 3 is 1.15 bits per heavy atom. The van der Waals surface area contributed by atoms with Crippen molar-refractivity contribution in [2.45, 2.75) is 7.25 Å². The van der Waals surface area contributed by atoms with Gasteiger partial charge in [-0.2, -0.15) is 0 Å². The molecule has 0 radical (unpaired) electrons. The first-order valence-corrected chi connectivity index (χ1v) is 18.6. The van der Waals surface area contributed by atoms with Crippen LogP contribution in [0.5, 0.6) is 0 Å². The molecule has 2 atom stereocenters. The van der Waals surface area contributed by atoms with Crippen LogP contribution in [0.3, 0.4) is 0 Å². The molecule has 39 heavy (non-hydrogen) atoms. The van der Waals surface area contributed by atoms with Gasteiger partial charge in [0.2, 0.25) is 0 Å². The first-order valence-electron chi connectivity index (χ1n) is 12.8. The molecule has 8 rings (SSSR count). The Morgan fingerprint density at radius 1 is 0.436 bits per heavy atom. The molecule has 4 aromatic carbocycles. The van der Waals surface area contributed by atoms with Crippen LogP contribution in [0.2, 0.25) is 0 Å². The molecule has 0 aliphatic heterocycles. The molecule has 0 saturated carbocycles. The summed E-state index contributed by atoms with van der Waals surface area (Å²) >= 11 is -0.953. The van der Waals surface area contributed by atoms with Gasteiger partial charge in [-0.3, -0.25) is 0 Å². The largest absolute Gasteiger partial charge is 1.00 e. The van der Waals surface area contributed by atoms with E-state index in [0.29, 0.717) is 7.25 Å². The molecule has 0 bridgehead atoms. The van der Waals surface area contributed by atoms with Gasteiger partial charge < -0.3 is 24.8 Å². The average molecular weight is 657 g/mol. The minimum atomic E-state index is -0.953. The Morgan fingerprint density at radius 2 is 0.769 bits per heavy atom. The summed E-state index contributed by atoms with van der Waals surface area (Å²) in [6, 6.07) is 36.3. The fourth-order valence-electron chi connectivity index (χ4n) is 6.04. The topological polar surface area (TPSA) is 0 Å². The van der Waals surface area contributed by atoms with Gasteiger partial charge in [0.05, 0.1) is 0 Å². The zero-order valence-electron chi connectivity index (χ0n) is 21.0. The number of hydrogen-bond acceptors (Lipinski definition) is 0. The summed E-state index contributed by atoms with van der Waals surface area (Å²) in [6.45, 7) is 0. The van der Waals surface area contributed by atoms with Crippen LogP contribution in [0.25, 0.3) is 44.3 Å². The maximum Gasteiger partial charge on any atom is -1.00 e. The molecule has 2 unspecified atom stereocenters. The van der Waals surface area contributed by atoms with Crippen LogP contribution in [0, 0.1) is 0 Å². The third kappa shape index (κ3) is 4.68. The number of fused-ring (bicyclic) bond motifs is 4. The van der Waals surface area contributed by atoms with E-state index in [2.05, 4.69) is 132 Å². The minimum Gasteiger partial charge on any atom is -1.00 e. The zero-order chi connectivity index (χ0) is 24.3. The molecular weight excluding hydrogens is 632 g/mol. The van der Waals surface area contributed by atoms with Crippen molar-refractivity contribution in [2.75, 3.05) is 0 Å². The number of hydrogen-bond donors (Lipinski definition) is 0. The van der Waals surface area contributed by atoms with Crippen molar-refractivity contribution in [2.24, 2.45) is 0 Å². The van der Waals surface area contributed by atoms with E-state index in [4.69, 9.17) is 0 Å². The van der Waals surface area contributed by atoms with Crippen molar-refractivity contribution in [1.29, 1.82) is 0 Å². The van der Waals surface area contributed by atoms with Crippen LogP contribution in [0.4, 0.5) is 0 Å². The monoisotopic (exact) mass is 654 g/mol. The third-order valence-electron chi connectivity index (χ3n) is 7.85. The number of benzene rings is 4. The summed E-state index contributed by atoms with van der Waals surface area (Å²) in [4.78, 5) is 0. The van der Waals surface area contributed by atoms with Crippen molar-refractivity contribution < 1.29 is 48.0 Å². The van der Waals surface area contributed by atoms with E-state index in [1.807, 2.05) is 0 Å². The fraction of sp³-hybridized carbons (Fsp3) is 0.0588. The average Bonchev–Trinajstić information content (AvgIpc) is 3.71. The van der Waals surface area contributed by atoms with Crippen LogP contribution < -0.4 is 24.8 Å². The molecular formula is C34H24Cl2P2Zr. The molecule has 2 aromatic heterocycles. The second kappa shape index (κ2) is 11.1. The van der Waals surface area contributed by atoms with Crippen LogP contribution in [-0.4, -0.2) is 0 Å². The molecule has 2 aliphatic rings. The summed E-state index contributed by atoms with van der Waals surface area (Å²) in [7, 11) is -0.770. The third-order valence-corrected chi connectivity index (χ3v) is 17.9. The van der Waals surface area contributed by atoms with E-state index in [0.717, 1.165) is 0 Å². The summed E-state index contributed by atoms with van der Waals surface area (Å²) in [6.07, 6.45) is 5.12.